The van der Waals surface area contributed by atoms with Crippen LogP contribution in [-0.4, -0.2) is 30.9 Å². The summed E-state index contributed by atoms with van der Waals surface area (Å²) in [5.74, 6) is 0.525. The number of aliphatic hydroxyl groups excluding tert-OH is 1. The van der Waals surface area contributed by atoms with Gasteiger partial charge in [-0.15, -0.1) is 11.3 Å². The van der Waals surface area contributed by atoms with Gasteiger partial charge in [0.05, 0.1) is 6.61 Å². The van der Waals surface area contributed by atoms with Crippen LogP contribution in [0.5, 0.6) is 0 Å². The van der Waals surface area contributed by atoms with Gasteiger partial charge in [0.25, 0.3) is 10.0 Å². The van der Waals surface area contributed by atoms with Crippen molar-refractivity contribution in [3.05, 3.63) is 17.0 Å². The molecule has 0 spiro atoms. The van der Waals surface area contributed by atoms with Gasteiger partial charge in [0.15, 0.2) is 0 Å². The van der Waals surface area contributed by atoms with E-state index in [1.807, 2.05) is 6.92 Å². The number of thiophene rings is 1. The van der Waals surface area contributed by atoms with E-state index in [1.54, 1.807) is 15.8 Å². The normalized spacial score (nSPS) is 17.1. The van der Waals surface area contributed by atoms with Crippen LogP contribution in [0.15, 0.2) is 15.7 Å². The van der Waals surface area contributed by atoms with Gasteiger partial charge >= 0.3 is 0 Å². The van der Waals surface area contributed by atoms with Crippen LogP contribution in [-0.2, 0) is 16.6 Å². The van der Waals surface area contributed by atoms with Crippen LogP contribution in [0.2, 0.25) is 0 Å². The molecule has 1 N–H and O–H groups in total. The predicted octanol–water partition coefficient (Wildman–Crippen LogP) is 2.05. The molecule has 102 valence electrons. The highest BCUT2D eigenvalue weighted by Gasteiger charge is 2.29. The van der Waals surface area contributed by atoms with Crippen molar-refractivity contribution in [2.75, 3.05) is 13.1 Å². The molecule has 1 fully saturated rings. The first kappa shape index (κ1) is 14.0. The Morgan fingerprint density at radius 3 is 2.67 bits per heavy atom. The van der Waals surface area contributed by atoms with E-state index in [9.17, 15) is 8.42 Å². The maximum Gasteiger partial charge on any atom is 0.252 e. The third-order valence-electron chi connectivity index (χ3n) is 3.45. The molecule has 1 aliphatic carbocycles. The molecule has 1 aromatic heterocycles. The van der Waals surface area contributed by atoms with Crippen molar-refractivity contribution in [3.63, 3.8) is 0 Å². The van der Waals surface area contributed by atoms with Crippen LogP contribution in [0.1, 0.15) is 31.7 Å². The second-order valence-electron chi connectivity index (χ2n) is 4.68. The molecule has 1 aliphatic rings. The molecule has 1 heterocycles. The molecule has 1 saturated carbocycles. The third kappa shape index (κ3) is 2.77. The van der Waals surface area contributed by atoms with Crippen molar-refractivity contribution in [1.82, 2.24) is 4.31 Å². The topological polar surface area (TPSA) is 57.6 Å². The summed E-state index contributed by atoms with van der Waals surface area (Å²) in [6.45, 7) is 2.90. The molecule has 0 saturated heterocycles. The van der Waals surface area contributed by atoms with E-state index in [1.165, 1.54) is 17.8 Å². The van der Waals surface area contributed by atoms with Gasteiger partial charge in [-0.2, -0.15) is 4.31 Å². The lowest BCUT2D eigenvalue weighted by atomic mass is 9.85. The molecule has 0 atom stereocenters. The Morgan fingerprint density at radius 1 is 1.50 bits per heavy atom. The molecule has 2 rings (SSSR count). The predicted molar refractivity (Wildman–Crippen MR) is 72.0 cm³/mol. The van der Waals surface area contributed by atoms with Crippen LogP contribution in [0.25, 0.3) is 0 Å². The number of aliphatic hydroxyl groups is 1. The summed E-state index contributed by atoms with van der Waals surface area (Å²) >= 11 is 1.19. The Bertz CT molecular complexity index is 491. The lowest BCUT2D eigenvalue weighted by Gasteiger charge is -2.30. The number of nitrogens with zero attached hydrogens (tertiary/aromatic N) is 1. The average Bonchev–Trinajstić information content (AvgIpc) is 2.76. The second kappa shape index (κ2) is 5.69. The zero-order valence-corrected chi connectivity index (χ0v) is 12.1. The number of hydrogen-bond donors (Lipinski definition) is 1. The van der Waals surface area contributed by atoms with Crippen LogP contribution in [0.3, 0.4) is 0 Å². The highest BCUT2D eigenvalue weighted by atomic mass is 32.2. The summed E-state index contributed by atoms with van der Waals surface area (Å²) in [5.41, 5.74) is 0.665. The quantitative estimate of drug-likeness (QED) is 0.872. The second-order valence-corrected chi connectivity index (χ2v) is 7.76. The van der Waals surface area contributed by atoms with Gasteiger partial charge in [-0.25, -0.2) is 8.42 Å². The Labute approximate surface area is 112 Å². The average molecular weight is 289 g/mol. The fourth-order valence-corrected chi connectivity index (χ4v) is 4.94. The minimum absolute atomic E-state index is 0.110. The molecule has 4 nitrogen and oxygen atoms in total. The molecule has 18 heavy (non-hydrogen) atoms. The molecule has 1 aromatic rings. The van der Waals surface area contributed by atoms with Gasteiger partial charge in [-0.05, 0) is 35.8 Å². The highest BCUT2D eigenvalue weighted by Crippen LogP contribution is 2.30. The van der Waals surface area contributed by atoms with Gasteiger partial charge in [0.2, 0.25) is 0 Å². The Morgan fingerprint density at radius 2 is 2.22 bits per heavy atom. The molecule has 0 amide bonds. The van der Waals surface area contributed by atoms with Crippen molar-refractivity contribution in [3.8, 4) is 0 Å². The van der Waals surface area contributed by atoms with Gasteiger partial charge in [-0.1, -0.05) is 13.3 Å². The van der Waals surface area contributed by atoms with E-state index in [-0.39, 0.29) is 6.61 Å². The molecule has 0 aromatic carbocycles. The fourth-order valence-electron chi connectivity index (χ4n) is 2.06. The van der Waals surface area contributed by atoms with E-state index >= 15 is 0 Å². The van der Waals surface area contributed by atoms with Crippen molar-refractivity contribution in [2.45, 2.75) is 37.0 Å². The number of hydrogen-bond acceptors (Lipinski definition) is 4. The van der Waals surface area contributed by atoms with Crippen molar-refractivity contribution in [1.29, 1.82) is 0 Å². The molecule has 0 radical (unpaired) electrons. The summed E-state index contributed by atoms with van der Waals surface area (Å²) in [4.78, 5) is 0. The Balaban J connectivity index is 2.16. The van der Waals surface area contributed by atoms with E-state index in [0.29, 0.717) is 28.8 Å². The fraction of sp³-hybridized carbons (Fsp3) is 0.667. The van der Waals surface area contributed by atoms with Gasteiger partial charge in [0.1, 0.15) is 4.21 Å². The summed E-state index contributed by atoms with van der Waals surface area (Å²) in [6.07, 6.45) is 3.49. The summed E-state index contributed by atoms with van der Waals surface area (Å²) in [7, 11) is -3.37. The van der Waals surface area contributed by atoms with Crippen molar-refractivity contribution >= 4 is 21.4 Å². The van der Waals surface area contributed by atoms with Crippen molar-refractivity contribution < 1.29 is 13.5 Å². The SMILES string of the molecule is CCN(CC1CCC1)S(=O)(=O)c1cc(CO)cs1. The molecule has 0 aliphatic heterocycles. The minimum atomic E-state index is -3.37. The van der Waals surface area contributed by atoms with E-state index < -0.39 is 10.0 Å². The first-order valence-corrected chi connectivity index (χ1v) is 8.58. The smallest absolute Gasteiger partial charge is 0.252 e. The van der Waals surface area contributed by atoms with Crippen LogP contribution in [0.4, 0.5) is 0 Å². The zero-order chi connectivity index (χ0) is 13.2. The summed E-state index contributed by atoms with van der Waals surface area (Å²) in [5, 5.41) is 10.7. The van der Waals surface area contributed by atoms with Crippen LogP contribution >= 0.6 is 11.3 Å². The highest BCUT2D eigenvalue weighted by molar-refractivity contribution is 7.91. The lowest BCUT2D eigenvalue weighted by Crippen LogP contribution is -2.36. The minimum Gasteiger partial charge on any atom is -0.392 e. The standard InChI is InChI=1S/C12H19NO3S2/c1-2-13(7-10-4-3-5-10)18(15,16)12-6-11(8-14)9-17-12/h6,9-10,14H,2-5,7-8H2,1H3. The van der Waals surface area contributed by atoms with Crippen molar-refractivity contribution in [2.24, 2.45) is 5.92 Å². The number of sulfonamides is 1. The van der Waals surface area contributed by atoms with Crippen LogP contribution in [0, 0.1) is 5.92 Å². The van der Waals surface area contributed by atoms with E-state index in [2.05, 4.69) is 0 Å². The maximum atomic E-state index is 12.4. The van der Waals surface area contributed by atoms with Gasteiger partial charge in [-0.3, -0.25) is 0 Å². The van der Waals surface area contributed by atoms with E-state index in [4.69, 9.17) is 5.11 Å². The van der Waals surface area contributed by atoms with Gasteiger partial charge in [0, 0.05) is 13.1 Å². The number of rotatable bonds is 6. The monoisotopic (exact) mass is 289 g/mol. The van der Waals surface area contributed by atoms with Gasteiger partial charge < -0.3 is 5.11 Å². The lowest BCUT2D eigenvalue weighted by molar-refractivity contribution is 0.250. The molecule has 0 bridgehead atoms. The maximum absolute atomic E-state index is 12.4. The molecule has 6 heteroatoms. The third-order valence-corrected chi connectivity index (χ3v) is 6.85. The summed E-state index contributed by atoms with van der Waals surface area (Å²) in [6, 6.07) is 1.57. The zero-order valence-electron chi connectivity index (χ0n) is 10.5. The largest absolute Gasteiger partial charge is 0.392 e. The Kier molecular flexibility index (Phi) is 4.42. The van der Waals surface area contributed by atoms with E-state index in [0.717, 1.165) is 12.8 Å². The molecular weight excluding hydrogens is 270 g/mol. The van der Waals surface area contributed by atoms with Crippen LogP contribution < -0.4 is 0 Å². The molecular formula is C12H19NO3S2. The first-order valence-electron chi connectivity index (χ1n) is 6.26. The first-order chi connectivity index (χ1) is 8.57. The molecule has 0 unspecified atom stereocenters. The Hall–Kier alpha value is -0.430. The summed E-state index contributed by atoms with van der Waals surface area (Å²) < 4.78 is 26.7.